The van der Waals surface area contributed by atoms with E-state index < -0.39 is 6.10 Å². The predicted octanol–water partition coefficient (Wildman–Crippen LogP) is 2.01. The summed E-state index contributed by atoms with van der Waals surface area (Å²) >= 11 is 0. The van der Waals surface area contributed by atoms with E-state index in [1.54, 1.807) is 10.9 Å². The molecule has 1 aliphatic carbocycles. The Morgan fingerprint density at radius 1 is 1.26 bits per heavy atom. The number of hydrogen-bond acceptors (Lipinski definition) is 6. The lowest BCUT2D eigenvalue weighted by Gasteiger charge is -2.02. The molecule has 0 spiro atoms. The van der Waals surface area contributed by atoms with E-state index in [0.29, 0.717) is 36.3 Å². The molecule has 1 saturated carbocycles. The van der Waals surface area contributed by atoms with Crippen LogP contribution in [0.1, 0.15) is 30.5 Å². The summed E-state index contributed by atoms with van der Waals surface area (Å²) < 4.78 is 6.97. The van der Waals surface area contributed by atoms with Gasteiger partial charge in [0.1, 0.15) is 11.8 Å². The van der Waals surface area contributed by atoms with Gasteiger partial charge in [-0.05, 0) is 18.8 Å². The van der Waals surface area contributed by atoms with Gasteiger partial charge < -0.3 is 9.63 Å². The molecule has 4 rings (SSSR count). The van der Waals surface area contributed by atoms with E-state index in [1.807, 2.05) is 30.3 Å². The zero-order chi connectivity index (χ0) is 15.6. The van der Waals surface area contributed by atoms with Gasteiger partial charge in [-0.25, -0.2) is 0 Å². The third-order valence-corrected chi connectivity index (χ3v) is 3.98. The number of benzene rings is 1. The zero-order valence-electron chi connectivity index (χ0n) is 12.5. The van der Waals surface area contributed by atoms with E-state index in [2.05, 4.69) is 20.5 Å². The number of aliphatic hydroxyl groups is 1. The maximum Gasteiger partial charge on any atom is 0.228 e. The largest absolute Gasteiger partial charge is 0.386 e. The summed E-state index contributed by atoms with van der Waals surface area (Å²) in [7, 11) is 0. The Bertz CT molecular complexity index is 779. The Morgan fingerprint density at radius 2 is 2.09 bits per heavy atom. The standard InChI is InChI=1S/C16H17N5O2/c22-15(11-6-7-11)13-10-21(20-18-13)9-8-14-17-16(19-23-14)12-4-2-1-3-5-12/h1-5,10-11,15,22H,6-9H2. The lowest BCUT2D eigenvalue weighted by atomic mass is 10.2. The van der Waals surface area contributed by atoms with E-state index in [1.165, 1.54) is 0 Å². The van der Waals surface area contributed by atoms with Crippen molar-refractivity contribution in [3.8, 4) is 11.4 Å². The Morgan fingerprint density at radius 3 is 2.87 bits per heavy atom. The van der Waals surface area contributed by atoms with Crippen molar-refractivity contribution in [2.24, 2.45) is 5.92 Å². The molecule has 0 saturated heterocycles. The molecule has 7 heteroatoms. The van der Waals surface area contributed by atoms with Gasteiger partial charge in [0.25, 0.3) is 0 Å². The highest BCUT2D eigenvalue weighted by atomic mass is 16.5. The van der Waals surface area contributed by atoms with E-state index >= 15 is 0 Å². The fourth-order valence-electron chi connectivity index (χ4n) is 2.48. The van der Waals surface area contributed by atoms with Gasteiger partial charge in [-0.1, -0.05) is 40.7 Å². The molecule has 2 aromatic heterocycles. The van der Waals surface area contributed by atoms with E-state index in [4.69, 9.17) is 4.52 Å². The first-order valence-corrected chi connectivity index (χ1v) is 7.76. The molecule has 0 radical (unpaired) electrons. The number of aromatic nitrogens is 5. The van der Waals surface area contributed by atoms with Crippen LogP contribution >= 0.6 is 0 Å². The summed E-state index contributed by atoms with van der Waals surface area (Å²) in [4.78, 5) is 4.39. The molecule has 3 aromatic rings. The minimum absolute atomic E-state index is 0.351. The smallest absolute Gasteiger partial charge is 0.228 e. The van der Waals surface area contributed by atoms with Gasteiger partial charge in [-0.3, -0.25) is 4.68 Å². The van der Waals surface area contributed by atoms with Crippen LogP contribution in [0.2, 0.25) is 0 Å². The number of aryl methyl sites for hydroxylation is 2. The Labute approximate surface area is 133 Å². The fourth-order valence-corrected chi connectivity index (χ4v) is 2.48. The van der Waals surface area contributed by atoms with Crippen LogP contribution in [0.3, 0.4) is 0 Å². The second kappa shape index (κ2) is 5.92. The molecule has 1 atom stereocenters. The van der Waals surface area contributed by atoms with Crippen molar-refractivity contribution in [2.75, 3.05) is 0 Å². The molecule has 1 unspecified atom stereocenters. The van der Waals surface area contributed by atoms with Crippen LogP contribution < -0.4 is 0 Å². The molecule has 1 N–H and O–H groups in total. The summed E-state index contributed by atoms with van der Waals surface area (Å²) in [5.41, 5.74) is 1.57. The van der Waals surface area contributed by atoms with Crippen LogP contribution in [0, 0.1) is 5.92 Å². The Balaban J connectivity index is 1.39. The molecular formula is C16H17N5O2. The number of nitrogens with zero attached hydrogens (tertiary/aromatic N) is 5. The van der Waals surface area contributed by atoms with Gasteiger partial charge in [0.15, 0.2) is 0 Å². The molecule has 1 aliphatic rings. The summed E-state index contributed by atoms with van der Waals surface area (Å²) in [6, 6.07) is 9.71. The molecule has 0 amide bonds. The summed E-state index contributed by atoms with van der Waals surface area (Å²) in [6.07, 6.45) is 4.01. The second-order valence-corrected chi connectivity index (χ2v) is 5.82. The topological polar surface area (TPSA) is 89.9 Å². The monoisotopic (exact) mass is 311 g/mol. The van der Waals surface area contributed by atoms with Crippen LogP contribution in [0.5, 0.6) is 0 Å². The third kappa shape index (κ3) is 3.14. The first-order chi connectivity index (χ1) is 11.3. The van der Waals surface area contributed by atoms with Crippen molar-refractivity contribution in [2.45, 2.75) is 31.9 Å². The summed E-state index contributed by atoms with van der Waals surface area (Å²) in [6.45, 7) is 0.584. The maximum atomic E-state index is 10.0. The normalized spacial score (nSPS) is 15.7. The zero-order valence-corrected chi connectivity index (χ0v) is 12.5. The van der Waals surface area contributed by atoms with Crippen molar-refractivity contribution < 1.29 is 9.63 Å². The van der Waals surface area contributed by atoms with Crippen molar-refractivity contribution >= 4 is 0 Å². The van der Waals surface area contributed by atoms with Crippen molar-refractivity contribution in [1.82, 2.24) is 25.1 Å². The average molecular weight is 311 g/mol. The lowest BCUT2D eigenvalue weighted by molar-refractivity contribution is 0.149. The average Bonchev–Trinajstić information content (AvgIpc) is 3.15. The van der Waals surface area contributed by atoms with Gasteiger partial charge >= 0.3 is 0 Å². The van der Waals surface area contributed by atoms with Crippen LogP contribution in [-0.4, -0.2) is 30.2 Å². The molecule has 1 aromatic carbocycles. The Hall–Kier alpha value is -2.54. The number of hydrogen-bond donors (Lipinski definition) is 1. The van der Waals surface area contributed by atoms with Crippen LogP contribution in [0.4, 0.5) is 0 Å². The van der Waals surface area contributed by atoms with Crippen molar-refractivity contribution in [3.05, 3.63) is 48.1 Å². The summed E-state index contributed by atoms with van der Waals surface area (Å²) in [5.74, 6) is 1.50. The van der Waals surface area contributed by atoms with Crippen molar-refractivity contribution in [1.29, 1.82) is 0 Å². The highest BCUT2D eigenvalue weighted by molar-refractivity contribution is 5.53. The Kier molecular flexibility index (Phi) is 3.63. The van der Waals surface area contributed by atoms with Gasteiger partial charge in [-0.2, -0.15) is 4.98 Å². The van der Waals surface area contributed by atoms with E-state index in [-0.39, 0.29) is 0 Å². The van der Waals surface area contributed by atoms with Crippen molar-refractivity contribution in [3.63, 3.8) is 0 Å². The SMILES string of the molecule is OC(c1cn(CCc2nc(-c3ccccc3)no2)nn1)C1CC1. The molecule has 118 valence electrons. The molecule has 23 heavy (non-hydrogen) atoms. The third-order valence-electron chi connectivity index (χ3n) is 3.98. The highest BCUT2D eigenvalue weighted by Gasteiger charge is 2.32. The first kappa shape index (κ1) is 14.1. The van der Waals surface area contributed by atoms with Gasteiger partial charge in [0, 0.05) is 12.0 Å². The summed E-state index contributed by atoms with van der Waals surface area (Å²) in [5, 5.41) is 22.1. The minimum atomic E-state index is -0.489. The minimum Gasteiger partial charge on any atom is -0.386 e. The lowest BCUT2D eigenvalue weighted by Crippen LogP contribution is -2.02. The molecule has 7 nitrogen and oxygen atoms in total. The van der Waals surface area contributed by atoms with Crippen LogP contribution in [0.25, 0.3) is 11.4 Å². The first-order valence-electron chi connectivity index (χ1n) is 7.76. The second-order valence-electron chi connectivity index (χ2n) is 5.82. The van der Waals surface area contributed by atoms with Crippen LogP contribution in [0.15, 0.2) is 41.1 Å². The predicted molar refractivity (Wildman–Crippen MR) is 81.1 cm³/mol. The maximum absolute atomic E-state index is 10.0. The van der Waals surface area contributed by atoms with Gasteiger partial charge in [0.05, 0.1) is 12.7 Å². The van der Waals surface area contributed by atoms with Gasteiger partial charge in [-0.15, -0.1) is 5.10 Å². The quantitative estimate of drug-likeness (QED) is 0.749. The molecule has 2 heterocycles. The van der Waals surface area contributed by atoms with E-state index in [9.17, 15) is 5.11 Å². The van der Waals surface area contributed by atoms with Crippen LogP contribution in [-0.2, 0) is 13.0 Å². The molecule has 0 aliphatic heterocycles. The molecule has 1 fully saturated rings. The fraction of sp³-hybridized carbons (Fsp3) is 0.375. The highest BCUT2D eigenvalue weighted by Crippen LogP contribution is 2.39. The molecular weight excluding hydrogens is 294 g/mol. The van der Waals surface area contributed by atoms with E-state index in [0.717, 1.165) is 18.4 Å². The van der Waals surface area contributed by atoms with Gasteiger partial charge in [0.2, 0.25) is 11.7 Å². The molecule has 0 bridgehead atoms. The number of rotatable bonds is 6. The number of aliphatic hydroxyl groups excluding tert-OH is 1.